The van der Waals surface area contributed by atoms with E-state index in [-0.39, 0.29) is 23.6 Å². The highest BCUT2D eigenvalue weighted by atomic mass is 32.1. The standard InChI is InChI=1S/C25H26FN3O5S/c1-3-33-24(31)18-5-4-12-29(15-18)23(30)17-8-11-20(32-2)21(14-17)34-25-27-22(28-35-25)13-16-6-9-19(26)10-7-16/h6-11,14,18H,3-5,12-13,15H2,1-2H3. The molecule has 4 rings (SSSR count). The van der Waals surface area contributed by atoms with Gasteiger partial charge in [0.2, 0.25) is 0 Å². The molecular weight excluding hydrogens is 473 g/mol. The average Bonchev–Trinajstić information content (AvgIpc) is 3.31. The number of carbonyl (C=O) groups excluding carboxylic acids is 2. The van der Waals surface area contributed by atoms with Crippen LogP contribution in [0.1, 0.15) is 41.5 Å². The van der Waals surface area contributed by atoms with Crippen molar-refractivity contribution in [3.8, 4) is 16.7 Å². The van der Waals surface area contributed by atoms with E-state index in [0.29, 0.717) is 60.6 Å². The molecule has 1 fully saturated rings. The van der Waals surface area contributed by atoms with Crippen LogP contribution in [0.15, 0.2) is 42.5 Å². The van der Waals surface area contributed by atoms with Crippen molar-refractivity contribution >= 4 is 23.4 Å². The fourth-order valence-electron chi connectivity index (χ4n) is 3.92. The summed E-state index contributed by atoms with van der Waals surface area (Å²) >= 11 is 1.08. The second-order valence-corrected chi connectivity index (χ2v) is 8.80. The molecule has 0 N–H and O–H groups in total. The van der Waals surface area contributed by atoms with Crippen molar-refractivity contribution in [2.24, 2.45) is 5.92 Å². The summed E-state index contributed by atoms with van der Waals surface area (Å²) < 4.78 is 33.9. The van der Waals surface area contributed by atoms with Crippen molar-refractivity contribution in [1.82, 2.24) is 14.3 Å². The van der Waals surface area contributed by atoms with Crippen LogP contribution in [-0.4, -0.2) is 52.9 Å². The third-order valence-electron chi connectivity index (χ3n) is 5.66. The minimum atomic E-state index is -0.317. The lowest BCUT2D eigenvalue weighted by molar-refractivity contribution is -0.149. The quantitative estimate of drug-likeness (QED) is 0.422. The van der Waals surface area contributed by atoms with E-state index in [2.05, 4.69) is 9.36 Å². The Morgan fingerprint density at radius 2 is 1.97 bits per heavy atom. The van der Waals surface area contributed by atoms with Crippen LogP contribution in [0.3, 0.4) is 0 Å². The predicted molar refractivity (Wildman–Crippen MR) is 127 cm³/mol. The van der Waals surface area contributed by atoms with Gasteiger partial charge in [-0.15, -0.1) is 0 Å². The summed E-state index contributed by atoms with van der Waals surface area (Å²) in [6, 6.07) is 11.1. The number of esters is 1. The van der Waals surface area contributed by atoms with Crippen molar-refractivity contribution in [1.29, 1.82) is 0 Å². The first-order valence-corrected chi connectivity index (χ1v) is 12.1. The van der Waals surface area contributed by atoms with Gasteiger partial charge < -0.3 is 19.1 Å². The van der Waals surface area contributed by atoms with Crippen LogP contribution in [-0.2, 0) is 16.0 Å². The molecule has 0 radical (unpaired) electrons. The summed E-state index contributed by atoms with van der Waals surface area (Å²) in [5, 5.41) is 0.297. The number of carbonyl (C=O) groups is 2. The molecule has 1 unspecified atom stereocenters. The van der Waals surface area contributed by atoms with E-state index in [1.165, 1.54) is 19.2 Å². The van der Waals surface area contributed by atoms with Crippen molar-refractivity contribution in [3.63, 3.8) is 0 Å². The van der Waals surface area contributed by atoms with Gasteiger partial charge in [0.25, 0.3) is 11.1 Å². The number of benzene rings is 2. The smallest absolute Gasteiger partial charge is 0.310 e. The molecule has 8 nitrogen and oxygen atoms in total. The van der Waals surface area contributed by atoms with Gasteiger partial charge in [0.05, 0.1) is 19.6 Å². The van der Waals surface area contributed by atoms with Gasteiger partial charge in [-0.25, -0.2) is 4.39 Å². The Kier molecular flexibility index (Phi) is 7.91. The van der Waals surface area contributed by atoms with Crippen LogP contribution < -0.4 is 9.47 Å². The molecule has 35 heavy (non-hydrogen) atoms. The van der Waals surface area contributed by atoms with Gasteiger partial charge in [0, 0.05) is 36.6 Å². The number of piperidine rings is 1. The van der Waals surface area contributed by atoms with Crippen LogP contribution in [0.25, 0.3) is 0 Å². The number of likely N-dealkylation sites (tertiary alicyclic amines) is 1. The zero-order valence-electron chi connectivity index (χ0n) is 19.5. The van der Waals surface area contributed by atoms with E-state index in [1.807, 2.05) is 0 Å². The molecule has 184 valence electrons. The summed E-state index contributed by atoms with van der Waals surface area (Å²) in [6.45, 7) is 2.98. The number of halogens is 1. The topological polar surface area (TPSA) is 90.9 Å². The van der Waals surface area contributed by atoms with Gasteiger partial charge in [-0.05, 0) is 55.7 Å². The molecule has 0 saturated carbocycles. The number of ether oxygens (including phenoxy) is 3. The minimum absolute atomic E-state index is 0.194. The minimum Gasteiger partial charge on any atom is -0.493 e. The highest BCUT2D eigenvalue weighted by Gasteiger charge is 2.30. The zero-order chi connectivity index (χ0) is 24.8. The molecule has 1 aromatic heterocycles. The maximum absolute atomic E-state index is 13.2. The summed E-state index contributed by atoms with van der Waals surface area (Å²) in [5.74, 6) is 0.245. The second kappa shape index (κ2) is 11.3. The van der Waals surface area contributed by atoms with Crippen LogP contribution in [0.4, 0.5) is 4.39 Å². The Balaban J connectivity index is 1.47. The molecule has 1 saturated heterocycles. The Bertz CT molecular complexity index is 1180. The molecule has 1 aliphatic rings. The Hall–Kier alpha value is -3.53. The first kappa shape index (κ1) is 24.6. The van der Waals surface area contributed by atoms with Crippen molar-refractivity contribution in [2.75, 3.05) is 26.8 Å². The Morgan fingerprint density at radius 1 is 1.17 bits per heavy atom. The molecule has 1 aliphatic heterocycles. The zero-order valence-corrected chi connectivity index (χ0v) is 20.3. The Morgan fingerprint density at radius 3 is 2.71 bits per heavy atom. The molecule has 1 atom stereocenters. The van der Waals surface area contributed by atoms with Gasteiger partial charge in [-0.2, -0.15) is 9.36 Å². The average molecular weight is 500 g/mol. The molecule has 0 aliphatic carbocycles. The van der Waals surface area contributed by atoms with Gasteiger partial charge in [-0.3, -0.25) is 9.59 Å². The lowest BCUT2D eigenvalue weighted by Gasteiger charge is -2.31. The number of methoxy groups -OCH3 is 1. The third-order valence-corrected chi connectivity index (χ3v) is 6.29. The first-order chi connectivity index (χ1) is 17.0. The molecular formula is C25H26FN3O5S. The first-order valence-electron chi connectivity index (χ1n) is 11.4. The lowest BCUT2D eigenvalue weighted by atomic mass is 9.97. The number of rotatable bonds is 8. The molecule has 3 aromatic rings. The number of amides is 1. The largest absolute Gasteiger partial charge is 0.493 e. The maximum Gasteiger partial charge on any atom is 0.310 e. The van der Waals surface area contributed by atoms with Crippen molar-refractivity contribution < 1.29 is 28.2 Å². The summed E-state index contributed by atoms with van der Waals surface area (Å²) in [7, 11) is 1.51. The fourth-order valence-corrected chi connectivity index (χ4v) is 4.48. The molecule has 0 spiro atoms. The summed E-state index contributed by atoms with van der Waals surface area (Å²) in [5.41, 5.74) is 1.30. The summed E-state index contributed by atoms with van der Waals surface area (Å²) in [4.78, 5) is 31.4. The molecule has 10 heteroatoms. The number of nitrogens with zero attached hydrogens (tertiary/aromatic N) is 3. The van der Waals surface area contributed by atoms with Gasteiger partial charge in [0.15, 0.2) is 17.3 Å². The highest BCUT2D eigenvalue weighted by Crippen LogP contribution is 2.34. The Labute approximate surface area is 206 Å². The second-order valence-electron chi connectivity index (χ2n) is 8.09. The van der Waals surface area contributed by atoms with Crippen LogP contribution in [0.2, 0.25) is 0 Å². The molecule has 2 aromatic carbocycles. The molecule has 1 amide bonds. The van der Waals surface area contributed by atoms with Crippen LogP contribution >= 0.6 is 11.5 Å². The SMILES string of the molecule is CCOC(=O)C1CCCN(C(=O)c2ccc(OC)c(Oc3nc(Cc4ccc(F)cc4)ns3)c2)C1. The molecule has 2 heterocycles. The number of hydrogen-bond acceptors (Lipinski definition) is 8. The van der Waals surface area contributed by atoms with Gasteiger partial charge in [-0.1, -0.05) is 12.1 Å². The maximum atomic E-state index is 13.2. The van der Waals surface area contributed by atoms with Crippen molar-refractivity contribution in [3.05, 3.63) is 65.2 Å². The normalized spacial score (nSPS) is 15.5. The van der Waals surface area contributed by atoms with E-state index >= 15 is 0 Å². The van der Waals surface area contributed by atoms with E-state index in [4.69, 9.17) is 14.2 Å². The number of hydrogen-bond donors (Lipinski definition) is 0. The van der Waals surface area contributed by atoms with Gasteiger partial charge >= 0.3 is 5.97 Å². The predicted octanol–water partition coefficient (Wildman–Crippen LogP) is 4.48. The van der Waals surface area contributed by atoms with E-state index in [1.54, 1.807) is 42.2 Å². The lowest BCUT2D eigenvalue weighted by Crippen LogP contribution is -2.42. The number of aromatic nitrogens is 2. The fraction of sp³-hybridized carbons (Fsp3) is 0.360. The van der Waals surface area contributed by atoms with Crippen LogP contribution in [0, 0.1) is 11.7 Å². The molecule has 0 bridgehead atoms. The van der Waals surface area contributed by atoms with Crippen LogP contribution in [0.5, 0.6) is 16.7 Å². The highest BCUT2D eigenvalue weighted by molar-refractivity contribution is 7.07. The third kappa shape index (κ3) is 6.13. The van der Waals surface area contributed by atoms with E-state index < -0.39 is 0 Å². The van der Waals surface area contributed by atoms with E-state index in [0.717, 1.165) is 23.5 Å². The van der Waals surface area contributed by atoms with Gasteiger partial charge in [0.1, 0.15) is 5.82 Å². The monoisotopic (exact) mass is 499 g/mol. The van der Waals surface area contributed by atoms with E-state index in [9.17, 15) is 14.0 Å². The summed E-state index contributed by atoms with van der Waals surface area (Å²) in [6.07, 6.45) is 1.87. The van der Waals surface area contributed by atoms with Crippen molar-refractivity contribution in [2.45, 2.75) is 26.2 Å².